The molecule has 1 N–H and O–H groups in total. The van der Waals surface area contributed by atoms with Gasteiger partial charge in [0.05, 0.1) is 19.8 Å². The standard InChI is InChI=1S/C14H13NO5/c1-18-10-5-11(19-2)7-12(6-10)20-13-4-3-9(8-15-13)14(16)17/h3-8H,1-2H3,(H,16,17). The van der Waals surface area contributed by atoms with Gasteiger partial charge in [-0.2, -0.15) is 0 Å². The van der Waals surface area contributed by atoms with Crippen molar-refractivity contribution in [3.8, 4) is 23.1 Å². The van der Waals surface area contributed by atoms with Crippen LogP contribution in [0.5, 0.6) is 23.1 Å². The highest BCUT2D eigenvalue weighted by atomic mass is 16.5. The Balaban J connectivity index is 2.22. The summed E-state index contributed by atoms with van der Waals surface area (Å²) < 4.78 is 15.8. The van der Waals surface area contributed by atoms with Crippen LogP contribution in [0.2, 0.25) is 0 Å². The maximum Gasteiger partial charge on any atom is 0.337 e. The van der Waals surface area contributed by atoms with Crippen molar-refractivity contribution in [3.05, 3.63) is 42.1 Å². The van der Waals surface area contributed by atoms with Crippen molar-refractivity contribution in [1.29, 1.82) is 0 Å². The van der Waals surface area contributed by atoms with Gasteiger partial charge < -0.3 is 19.3 Å². The van der Waals surface area contributed by atoms with Gasteiger partial charge in [0.15, 0.2) is 0 Å². The summed E-state index contributed by atoms with van der Waals surface area (Å²) >= 11 is 0. The number of nitrogens with zero attached hydrogens (tertiary/aromatic N) is 1. The summed E-state index contributed by atoms with van der Waals surface area (Å²) in [4.78, 5) is 14.6. The van der Waals surface area contributed by atoms with E-state index in [0.717, 1.165) is 0 Å². The molecule has 0 saturated carbocycles. The molecule has 0 aliphatic carbocycles. The van der Waals surface area contributed by atoms with Gasteiger partial charge in [-0.05, 0) is 6.07 Å². The van der Waals surface area contributed by atoms with Gasteiger partial charge in [0.25, 0.3) is 0 Å². The fraction of sp³-hybridized carbons (Fsp3) is 0.143. The molecule has 6 nitrogen and oxygen atoms in total. The molecule has 2 aromatic rings. The van der Waals surface area contributed by atoms with Crippen LogP contribution in [0.25, 0.3) is 0 Å². The number of benzene rings is 1. The highest BCUT2D eigenvalue weighted by Crippen LogP contribution is 2.30. The monoisotopic (exact) mass is 275 g/mol. The van der Waals surface area contributed by atoms with Gasteiger partial charge in [0.2, 0.25) is 5.88 Å². The third-order valence-corrected chi connectivity index (χ3v) is 2.53. The zero-order valence-corrected chi connectivity index (χ0v) is 11.0. The Hall–Kier alpha value is -2.76. The van der Waals surface area contributed by atoms with E-state index in [1.54, 1.807) is 32.4 Å². The van der Waals surface area contributed by atoms with Crippen molar-refractivity contribution < 1.29 is 24.1 Å². The second-order valence-electron chi connectivity index (χ2n) is 3.84. The molecule has 0 atom stereocenters. The number of hydrogen-bond donors (Lipinski definition) is 1. The first kappa shape index (κ1) is 13.7. The van der Waals surface area contributed by atoms with Crippen LogP contribution in [0.15, 0.2) is 36.5 Å². The molecular weight excluding hydrogens is 262 g/mol. The number of aromatic nitrogens is 1. The first-order chi connectivity index (χ1) is 9.62. The summed E-state index contributed by atoms with van der Waals surface area (Å²) in [6, 6.07) is 7.97. The molecule has 0 radical (unpaired) electrons. The van der Waals surface area contributed by atoms with Gasteiger partial charge >= 0.3 is 5.97 Å². The Bertz CT molecular complexity index is 587. The van der Waals surface area contributed by atoms with E-state index in [-0.39, 0.29) is 11.4 Å². The summed E-state index contributed by atoms with van der Waals surface area (Å²) in [5.74, 6) is 0.900. The molecule has 0 amide bonds. The molecule has 104 valence electrons. The van der Waals surface area contributed by atoms with E-state index in [2.05, 4.69) is 4.98 Å². The van der Waals surface area contributed by atoms with Gasteiger partial charge in [0, 0.05) is 30.5 Å². The number of pyridine rings is 1. The molecule has 20 heavy (non-hydrogen) atoms. The maximum atomic E-state index is 10.7. The zero-order chi connectivity index (χ0) is 14.5. The van der Waals surface area contributed by atoms with E-state index in [0.29, 0.717) is 17.2 Å². The summed E-state index contributed by atoms with van der Waals surface area (Å²) in [6.45, 7) is 0. The second kappa shape index (κ2) is 5.92. The molecular formula is C14H13NO5. The molecule has 1 aromatic heterocycles. The molecule has 0 aliphatic heterocycles. The van der Waals surface area contributed by atoms with Crippen molar-refractivity contribution in [3.63, 3.8) is 0 Å². The lowest BCUT2D eigenvalue weighted by molar-refractivity contribution is 0.0696. The van der Waals surface area contributed by atoms with Gasteiger partial charge in [-0.15, -0.1) is 0 Å². The largest absolute Gasteiger partial charge is 0.496 e. The normalized spacial score (nSPS) is 9.90. The molecule has 0 aliphatic rings. The SMILES string of the molecule is COc1cc(OC)cc(Oc2ccc(C(=O)O)cn2)c1. The number of hydrogen-bond acceptors (Lipinski definition) is 5. The predicted octanol–water partition coefficient (Wildman–Crippen LogP) is 2.59. The van der Waals surface area contributed by atoms with E-state index in [4.69, 9.17) is 19.3 Å². The maximum absolute atomic E-state index is 10.7. The minimum absolute atomic E-state index is 0.0978. The van der Waals surface area contributed by atoms with Crippen molar-refractivity contribution in [2.24, 2.45) is 0 Å². The minimum atomic E-state index is -1.04. The highest BCUT2D eigenvalue weighted by molar-refractivity contribution is 5.87. The molecule has 0 saturated heterocycles. The number of carboxylic acids is 1. The Morgan fingerprint density at radius 2 is 1.65 bits per heavy atom. The highest BCUT2D eigenvalue weighted by Gasteiger charge is 2.07. The number of methoxy groups -OCH3 is 2. The van der Waals surface area contributed by atoms with Crippen molar-refractivity contribution >= 4 is 5.97 Å². The van der Waals surface area contributed by atoms with E-state index >= 15 is 0 Å². The Morgan fingerprint density at radius 1 is 1.05 bits per heavy atom. The summed E-state index contributed by atoms with van der Waals surface area (Å²) in [5, 5.41) is 8.79. The number of carboxylic acid groups (broad SMARTS) is 1. The van der Waals surface area contributed by atoms with Crippen LogP contribution in [0.3, 0.4) is 0 Å². The van der Waals surface area contributed by atoms with E-state index in [1.807, 2.05) is 0 Å². The number of carbonyl (C=O) groups is 1. The molecule has 0 unspecified atom stereocenters. The summed E-state index contributed by atoms with van der Waals surface area (Å²) in [7, 11) is 3.08. The molecule has 6 heteroatoms. The fourth-order valence-electron chi connectivity index (χ4n) is 1.53. The molecule has 1 heterocycles. The Labute approximate surface area is 115 Å². The van der Waals surface area contributed by atoms with Crippen LogP contribution in [-0.2, 0) is 0 Å². The first-order valence-corrected chi connectivity index (χ1v) is 5.72. The van der Waals surface area contributed by atoms with Crippen LogP contribution in [-0.4, -0.2) is 30.3 Å². The smallest absolute Gasteiger partial charge is 0.337 e. The van der Waals surface area contributed by atoms with E-state index in [1.165, 1.54) is 18.3 Å². The van der Waals surface area contributed by atoms with E-state index in [9.17, 15) is 4.79 Å². The van der Waals surface area contributed by atoms with Crippen molar-refractivity contribution in [1.82, 2.24) is 4.98 Å². The Kier molecular flexibility index (Phi) is 4.05. The molecule has 0 spiro atoms. The lowest BCUT2D eigenvalue weighted by Gasteiger charge is -2.09. The topological polar surface area (TPSA) is 77.9 Å². The van der Waals surface area contributed by atoms with Gasteiger partial charge in [-0.25, -0.2) is 9.78 Å². The van der Waals surface area contributed by atoms with Crippen LogP contribution in [0, 0.1) is 0 Å². The van der Waals surface area contributed by atoms with Crippen molar-refractivity contribution in [2.75, 3.05) is 14.2 Å². The third kappa shape index (κ3) is 3.17. The lowest BCUT2D eigenvalue weighted by Crippen LogP contribution is -1.97. The zero-order valence-electron chi connectivity index (χ0n) is 11.0. The van der Waals surface area contributed by atoms with E-state index < -0.39 is 5.97 Å². The van der Waals surface area contributed by atoms with Gasteiger partial charge in [-0.3, -0.25) is 0 Å². The summed E-state index contributed by atoms with van der Waals surface area (Å²) in [6.07, 6.45) is 1.23. The van der Waals surface area contributed by atoms with Crippen LogP contribution in [0.4, 0.5) is 0 Å². The van der Waals surface area contributed by atoms with Crippen LogP contribution in [0.1, 0.15) is 10.4 Å². The third-order valence-electron chi connectivity index (χ3n) is 2.53. The number of aromatic carboxylic acids is 1. The van der Waals surface area contributed by atoms with Crippen molar-refractivity contribution in [2.45, 2.75) is 0 Å². The van der Waals surface area contributed by atoms with Crippen LogP contribution >= 0.6 is 0 Å². The fourth-order valence-corrected chi connectivity index (χ4v) is 1.53. The minimum Gasteiger partial charge on any atom is -0.496 e. The molecule has 2 rings (SSSR count). The average Bonchev–Trinajstić information content (AvgIpc) is 2.47. The first-order valence-electron chi connectivity index (χ1n) is 5.72. The molecule has 0 fully saturated rings. The number of rotatable bonds is 5. The summed E-state index contributed by atoms with van der Waals surface area (Å²) in [5.41, 5.74) is 0.0978. The number of ether oxygens (including phenoxy) is 3. The molecule has 0 bridgehead atoms. The molecule has 1 aromatic carbocycles. The van der Waals surface area contributed by atoms with Gasteiger partial charge in [-0.1, -0.05) is 0 Å². The average molecular weight is 275 g/mol. The van der Waals surface area contributed by atoms with Crippen LogP contribution < -0.4 is 14.2 Å². The Morgan fingerprint density at radius 3 is 2.10 bits per heavy atom. The predicted molar refractivity (Wildman–Crippen MR) is 70.8 cm³/mol. The second-order valence-corrected chi connectivity index (χ2v) is 3.84. The van der Waals surface area contributed by atoms with Gasteiger partial charge in [0.1, 0.15) is 17.2 Å². The quantitative estimate of drug-likeness (QED) is 0.903. The lowest BCUT2D eigenvalue weighted by atomic mass is 10.3.